The van der Waals surface area contributed by atoms with Gasteiger partial charge >= 0.3 is 0 Å². The van der Waals surface area contributed by atoms with Gasteiger partial charge in [0.2, 0.25) is 29.5 Å². The van der Waals surface area contributed by atoms with E-state index in [-0.39, 0.29) is 66.9 Å². The number of aliphatic hydroxyl groups excluding tert-OH is 2. The summed E-state index contributed by atoms with van der Waals surface area (Å²) >= 11 is 8.96. The van der Waals surface area contributed by atoms with Crippen molar-refractivity contribution in [3.8, 4) is 10.7 Å². The monoisotopic (exact) mass is 1200 g/mol. The second-order valence-electron chi connectivity index (χ2n) is 19.7. The Labute approximate surface area is 487 Å². The number of H-pyrrole nitrogens is 1. The molecule has 448 valence electrons. The van der Waals surface area contributed by atoms with Gasteiger partial charge in [-0.1, -0.05) is 36.7 Å². The third-order valence-corrected chi connectivity index (χ3v) is 15.4. The first-order valence-corrected chi connectivity index (χ1v) is 29.0. The zero-order valence-corrected chi connectivity index (χ0v) is 48.7. The molecule has 8 atom stereocenters. The molecule has 7 amide bonds. The molecular weight excluding hydrogens is 1120 g/mol. The topological polar surface area (TPSA) is 454 Å². The van der Waals surface area contributed by atoms with Crippen molar-refractivity contribution in [2.45, 2.75) is 115 Å². The average Bonchev–Trinajstić information content (AvgIpc) is 4.29. The Morgan fingerprint density at radius 2 is 1.50 bits per heavy atom. The summed E-state index contributed by atoms with van der Waals surface area (Å²) in [5.41, 5.74) is 30.2. The number of nitrogens with one attached hydrogen (secondary N) is 9. The number of hydrogen-bond donors (Lipinski definition) is 16. The minimum atomic E-state index is -1.56. The number of aliphatic hydroxyl groups is 2. The number of carbonyl (C=O) groups excluding carboxylic acids is 7. The molecule has 0 aliphatic carbocycles. The maximum absolute atomic E-state index is 14.3. The van der Waals surface area contributed by atoms with Gasteiger partial charge in [-0.2, -0.15) is 0 Å². The fourth-order valence-electron chi connectivity index (χ4n) is 8.35. The molecule has 5 aromatic rings. The normalized spacial score (nSPS) is 14.4. The fourth-order valence-corrected chi connectivity index (χ4v) is 10.5. The highest BCUT2D eigenvalue weighted by Gasteiger charge is 2.35. The number of carbonyl (C=O) groups is 7. The number of amides is 7. The van der Waals surface area contributed by atoms with Gasteiger partial charge in [-0.05, 0) is 90.8 Å². The molecule has 1 aromatic carbocycles. The summed E-state index contributed by atoms with van der Waals surface area (Å²) < 4.78 is 0.340. The molecule has 0 aliphatic heterocycles. The zero-order chi connectivity index (χ0) is 60.0. The molecule has 30 heteroatoms. The maximum atomic E-state index is 14.3. The van der Waals surface area contributed by atoms with Gasteiger partial charge in [0, 0.05) is 66.9 Å². The summed E-state index contributed by atoms with van der Waals surface area (Å²) in [6.07, 6.45) is 2.35. The third kappa shape index (κ3) is 19.7. The molecule has 0 fully saturated rings. The molecule has 0 saturated heterocycles. The molecule has 4 heterocycles. The molecule has 0 spiro atoms. The lowest BCUT2D eigenvalue weighted by Crippen LogP contribution is -2.57. The van der Waals surface area contributed by atoms with E-state index in [2.05, 4.69) is 67.5 Å². The SMILES string of the molecule is Cc1c(N)nc([C@H](CC(N)=O)NC[C@H](N)C(N)=O)nc1C(=O)N[C@@H](Cc1c[nH]c2ccccc12)C(=O)N[C@H](C)[C@@H](O)[C@H](C)C(=O)N[C@H](C(=O)NCCc1nc(-c2nc(C(=O)NCCCNCCCCNCCCN)cs2)c(Cl)s1)[C@@H](C)O. The van der Waals surface area contributed by atoms with Crippen LogP contribution in [-0.4, -0.2) is 165 Å². The second-order valence-corrected chi connectivity index (χ2v) is 22.3. The van der Waals surface area contributed by atoms with Gasteiger partial charge in [0.1, 0.15) is 50.2 Å². The molecule has 5 rings (SSSR count). The number of primary amides is 2. The first-order chi connectivity index (χ1) is 39.1. The van der Waals surface area contributed by atoms with E-state index >= 15 is 0 Å². The van der Waals surface area contributed by atoms with Crippen LogP contribution in [-0.2, 0) is 36.8 Å². The van der Waals surface area contributed by atoms with Crippen molar-refractivity contribution in [1.82, 2.24) is 67.5 Å². The number of halogens is 1. The minimum absolute atomic E-state index is 0.0392. The summed E-state index contributed by atoms with van der Waals surface area (Å²) in [4.78, 5) is 113. The highest BCUT2D eigenvalue weighted by molar-refractivity contribution is 7.17. The predicted octanol–water partition coefficient (Wildman–Crippen LogP) is -1.10. The lowest BCUT2D eigenvalue weighted by atomic mass is 9.96. The van der Waals surface area contributed by atoms with Crippen LogP contribution in [0.2, 0.25) is 4.34 Å². The Morgan fingerprint density at radius 3 is 2.18 bits per heavy atom. The number of aromatic amines is 1. The lowest BCUT2D eigenvalue weighted by Gasteiger charge is -2.29. The van der Waals surface area contributed by atoms with E-state index in [1.54, 1.807) is 17.6 Å². The number of thiazole rings is 2. The zero-order valence-electron chi connectivity index (χ0n) is 46.3. The fraction of sp³-hybridized carbons (Fsp3) is 0.519. The molecule has 0 bridgehead atoms. The van der Waals surface area contributed by atoms with Gasteiger partial charge in [-0.25, -0.2) is 19.9 Å². The van der Waals surface area contributed by atoms with Crippen LogP contribution >= 0.6 is 34.3 Å². The molecule has 0 radical (unpaired) electrons. The molecule has 4 aromatic heterocycles. The summed E-state index contributed by atoms with van der Waals surface area (Å²) in [6, 6.07) is 1.15. The van der Waals surface area contributed by atoms with E-state index in [1.807, 2.05) is 18.2 Å². The van der Waals surface area contributed by atoms with Crippen LogP contribution in [0, 0.1) is 12.8 Å². The average molecular weight is 1200 g/mol. The number of nitrogens with zero attached hydrogens (tertiary/aromatic N) is 4. The number of fused-ring (bicyclic) bond motifs is 1. The number of nitrogens with two attached hydrogens (primary N) is 5. The van der Waals surface area contributed by atoms with Crippen LogP contribution in [0.15, 0.2) is 35.8 Å². The summed E-state index contributed by atoms with van der Waals surface area (Å²) in [5, 5.41) is 48.6. The second kappa shape index (κ2) is 32.7. The number of para-hydroxylation sites is 1. The number of anilines is 1. The molecule has 0 saturated carbocycles. The van der Waals surface area contributed by atoms with Gasteiger partial charge in [-0.15, -0.1) is 22.7 Å². The lowest BCUT2D eigenvalue weighted by molar-refractivity contribution is -0.136. The van der Waals surface area contributed by atoms with E-state index < -0.39 is 83.8 Å². The number of rotatable bonds is 36. The number of nitrogen functional groups attached to an aromatic ring is 1. The van der Waals surface area contributed by atoms with Crippen LogP contribution in [0.3, 0.4) is 0 Å². The van der Waals surface area contributed by atoms with E-state index in [0.29, 0.717) is 38.7 Å². The quantitative estimate of drug-likeness (QED) is 0.0212. The van der Waals surface area contributed by atoms with Crippen LogP contribution < -0.4 is 71.2 Å². The van der Waals surface area contributed by atoms with Crippen LogP contribution in [0.4, 0.5) is 5.82 Å². The van der Waals surface area contributed by atoms with Crippen molar-refractivity contribution < 1.29 is 43.8 Å². The van der Waals surface area contributed by atoms with Crippen molar-refractivity contribution in [3.05, 3.63) is 73.5 Å². The van der Waals surface area contributed by atoms with E-state index in [1.165, 1.54) is 50.4 Å². The molecule has 0 aliphatic rings. The Kier molecular flexibility index (Phi) is 26.4. The Morgan fingerprint density at radius 1 is 0.805 bits per heavy atom. The van der Waals surface area contributed by atoms with Crippen molar-refractivity contribution >= 4 is 92.3 Å². The first kappa shape index (κ1) is 66.0. The van der Waals surface area contributed by atoms with Gasteiger partial charge in [-0.3, -0.25) is 33.6 Å². The molecule has 0 unspecified atom stereocenters. The van der Waals surface area contributed by atoms with Crippen molar-refractivity contribution in [3.63, 3.8) is 0 Å². The van der Waals surface area contributed by atoms with Gasteiger partial charge in [0.25, 0.3) is 11.8 Å². The van der Waals surface area contributed by atoms with Gasteiger partial charge < -0.3 is 86.4 Å². The molecule has 21 N–H and O–H groups in total. The predicted molar refractivity (Wildman–Crippen MR) is 313 cm³/mol. The highest BCUT2D eigenvalue weighted by Crippen LogP contribution is 2.34. The smallest absolute Gasteiger partial charge is 0.271 e. The Hall–Kier alpha value is -6.80. The van der Waals surface area contributed by atoms with Crippen molar-refractivity contribution in [2.75, 3.05) is 58.1 Å². The Balaban J connectivity index is 1.16. The molecular formula is C52H77ClN18O9S2. The largest absolute Gasteiger partial charge is 0.391 e. The summed E-state index contributed by atoms with van der Waals surface area (Å²) in [6.45, 7) is 10.2. The highest BCUT2D eigenvalue weighted by atomic mass is 35.5. The molecule has 27 nitrogen and oxygen atoms in total. The first-order valence-electron chi connectivity index (χ1n) is 26.9. The Bertz CT molecular complexity index is 2960. The van der Waals surface area contributed by atoms with E-state index in [0.717, 1.165) is 62.8 Å². The van der Waals surface area contributed by atoms with E-state index in [9.17, 15) is 43.8 Å². The van der Waals surface area contributed by atoms with Gasteiger partial charge in [0.15, 0.2) is 0 Å². The maximum Gasteiger partial charge on any atom is 0.271 e. The number of aromatic nitrogens is 5. The standard InChI is InChI=1S/C52H77ClN18O9S2/c1-26-39(69-46(71-44(26)57)34(22-37(56)73)64-24-32(55)45(58)75)51(80)66-35(21-30-23-63-33-12-6-5-11-31(30)33)49(78)65-28(3)42(74)27(2)47(76)70-40(29(4)72)50(79)62-20-13-38-68-41(43(53)82-38)52-67-36(25-81-52)48(77)61-19-10-18-60-16-8-7-15-59-17-9-14-54/h5-6,11-12,23,25,27-29,32,34-35,40,42,59-60,63-64,72,74H,7-10,13-22,24,54-55H2,1-4H3,(H2,56,73)(H2,58,75)(H,61,77)(H,62,79)(H,65,78)(H,66,80)(H,70,76)(H2,57,69,71)/t27-,28+,29+,32-,34-,35-,40-,42-/m0/s1. The van der Waals surface area contributed by atoms with Crippen molar-refractivity contribution in [1.29, 1.82) is 0 Å². The molecule has 82 heavy (non-hydrogen) atoms. The van der Waals surface area contributed by atoms with E-state index in [4.69, 9.17) is 40.3 Å². The van der Waals surface area contributed by atoms with Crippen LogP contribution in [0.1, 0.15) is 102 Å². The number of hydrogen-bond acceptors (Lipinski definition) is 21. The van der Waals surface area contributed by atoms with Crippen molar-refractivity contribution in [2.24, 2.45) is 28.9 Å². The third-order valence-electron chi connectivity index (χ3n) is 13.2. The van der Waals surface area contributed by atoms with Crippen LogP contribution in [0.25, 0.3) is 21.6 Å². The van der Waals surface area contributed by atoms with Gasteiger partial charge in [0.05, 0.1) is 41.3 Å². The number of unbranched alkanes of at least 4 members (excludes halogenated alkanes) is 1. The summed E-state index contributed by atoms with van der Waals surface area (Å²) in [5.74, 6) is -6.62. The number of benzene rings is 1. The summed E-state index contributed by atoms with van der Waals surface area (Å²) in [7, 11) is 0. The minimum Gasteiger partial charge on any atom is -0.391 e. The van der Waals surface area contributed by atoms with Crippen LogP contribution in [0.5, 0.6) is 0 Å².